The smallest absolute Gasteiger partial charge is 0.349 e. The normalized spacial score (nSPS) is 11.9. The molecule has 0 heterocycles. The number of aliphatic carboxylic acids is 1. The molecule has 0 aliphatic rings. The molecule has 0 spiro atoms. The van der Waals surface area contributed by atoms with Crippen molar-refractivity contribution in [2.75, 3.05) is 0 Å². The molecule has 0 saturated heterocycles. The number of carbonyl (C=O) groups is 1. The highest BCUT2D eigenvalue weighted by atomic mass is 16.5. The van der Waals surface area contributed by atoms with Gasteiger partial charge in [0.15, 0.2) is 0 Å². The van der Waals surface area contributed by atoms with E-state index in [0.717, 1.165) is 16.7 Å². The third kappa shape index (κ3) is 2.99. The van der Waals surface area contributed by atoms with E-state index in [1.165, 1.54) is 0 Å². The molecular formula is C17H18O3. The second-order valence-corrected chi connectivity index (χ2v) is 4.95. The van der Waals surface area contributed by atoms with Crippen LogP contribution < -0.4 is 4.74 Å². The molecule has 1 unspecified atom stereocenters. The van der Waals surface area contributed by atoms with Gasteiger partial charge in [-0.2, -0.15) is 0 Å². The van der Waals surface area contributed by atoms with Crippen LogP contribution in [0.1, 0.15) is 28.4 Å². The van der Waals surface area contributed by atoms with Crippen LogP contribution in [0.2, 0.25) is 0 Å². The summed E-state index contributed by atoms with van der Waals surface area (Å²) < 4.78 is 5.75. The first kappa shape index (κ1) is 14.1. The predicted octanol–water partition coefficient (Wildman–Crippen LogP) is 3.82. The number of carboxylic acid groups (broad SMARTS) is 1. The average molecular weight is 270 g/mol. The number of carboxylic acids is 1. The summed E-state index contributed by atoms with van der Waals surface area (Å²) in [5.41, 5.74) is 3.76. The lowest BCUT2D eigenvalue weighted by Gasteiger charge is -2.18. The Morgan fingerprint density at radius 2 is 1.75 bits per heavy atom. The molecule has 2 rings (SSSR count). The summed E-state index contributed by atoms with van der Waals surface area (Å²) >= 11 is 0. The minimum atomic E-state index is -0.991. The number of rotatable bonds is 4. The van der Waals surface area contributed by atoms with E-state index in [1.807, 2.05) is 45.0 Å². The van der Waals surface area contributed by atoms with Crippen molar-refractivity contribution in [1.82, 2.24) is 0 Å². The summed E-state index contributed by atoms with van der Waals surface area (Å²) in [6.45, 7) is 5.90. The Labute approximate surface area is 118 Å². The van der Waals surface area contributed by atoms with Crippen LogP contribution in [-0.4, -0.2) is 11.1 Å². The van der Waals surface area contributed by atoms with Gasteiger partial charge >= 0.3 is 5.97 Å². The Morgan fingerprint density at radius 3 is 2.35 bits per heavy atom. The lowest BCUT2D eigenvalue weighted by Crippen LogP contribution is -2.18. The van der Waals surface area contributed by atoms with E-state index in [2.05, 4.69) is 6.07 Å². The zero-order valence-corrected chi connectivity index (χ0v) is 11.9. The lowest BCUT2D eigenvalue weighted by molar-refractivity contribution is -0.145. The SMILES string of the molecule is Cc1cc(C)c(C)c(OC(C(=O)O)c2ccccc2)c1. The van der Waals surface area contributed by atoms with Gasteiger partial charge in [-0.25, -0.2) is 4.79 Å². The molecule has 0 fully saturated rings. The number of hydrogen-bond donors (Lipinski definition) is 1. The molecular weight excluding hydrogens is 252 g/mol. The maximum absolute atomic E-state index is 11.5. The number of aryl methyl sites for hydroxylation is 2. The Hall–Kier alpha value is -2.29. The van der Waals surface area contributed by atoms with E-state index in [9.17, 15) is 9.90 Å². The van der Waals surface area contributed by atoms with Crippen LogP contribution >= 0.6 is 0 Å². The van der Waals surface area contributed by atoms with Gasteiger partial charge in [0.1, 0.15) is 5.75 Å². The summed E-state index contributed by atoms with van der Waals surface area (Å²) in [6, 6.07) is 12.9. The van der Waals surface area contributed by atoms with Crippen molar-refractivity contribution in [1.29, 1.82) is 0 Å². The minimum Gasteiger partial charge on any atom is -0.478 e. The molecule has 1 atom stereocenters. The second-order valence-electron chi connectivity index (χ2n) is 4.95. The van der Waals surface area contributed by atoms with Gasteiger partial charge in [0.2, 0.25) is 6.10 Å². The summed E-state index contributed by atoms with van der Waals surface area (Å²) in [4.78, 5) is 11.5. The summed E-state index contributed by atoms with van der Waals surface area (Å²) in [5, 5.41) is 9.39. The second kappa shape index (κ2) is 5.78. The van der Waals surface area contributed by atoms with Gasteiger partial charge in [-0.05, 0) is 43.5 Å². The van der Waals surface area contributed by atoms with E-state index < -0.39 is 12.1 Å². The van der Waals surface area contributed by atoms with Crippen molar-refractivity contribution in [3.8, 4) is 5.75 Å². The summed E-state index contributed by atoms with van der Waals surface area (Å²) in [6.07, 6.45) is -0.990. The number of ether oxygens (including phenoxy) is 1. The largest absolute Gasteiger partial charge is 0.478 e. The molecule has 104 valence electrons. The zero-order valence-electron chi connectivity index (χ0n) is 11.9. The van der Waals surface area contributed by atoms with Crippen molar-refractivity contribution in [2.24, 2.45) is 0 Å². The van der Waals surface area contributed by atoms with E-state index in [-0.39, 0.29) is 0 Å². The summed E-state index contributed by atoms with van der Waals surface area (Å²) in [5.74, 6) is -0.367. The Morgan fingerprint density at radius 1 is 1.10 bits per heavy atom. The van der Waals surface area contributed by atoms with E-state index in [4.69, 9.17) is 4.74 Å². The highest BCUT2D eigenvalue weighted by Crippen LogP contribution is 2.28. The minimum absolute atomic E-state index is 0.624. The van der Waals surface area contributed by atoms with Gasteiger partial charge in [0, 0.05) is 5.56 Å². The van der Waals surface area contributed by atoms with Gasteiger partial charge in [-0.15, -0.1) is 0 Å². The molecule has 1 N–H and O–H groups in total. The maximum Gasteiger partial charge on any atom is 0.349 e. The fourth-order valence-corrected chi connectivity index (χ4v) is 2.14. The molecule has 0 radical (unpaired) electrons. The molecule has 0 amide bonds. The van der Waals surface area contributed by atoms with E-state index in [0.29, 0.717) is 11.3 Å². The third-order valence-electron chi connectivity index (χ3n) is 3.34. The van der Waals surface area contributed by atoms with Gasteiger partial charge in [0.05, 0.1) is 0 Å². The van der Waals surface area contributed by atoms with Gasteiger partial charge in [-0.3, -0.25) is 0 Å². The maximum atomic E-state index is 11.5. The standard InChI is InChI=1S/C17H18O3/c1-11-9-12(2)13(3)15(10-11)20-16(17(18)19)14-7-5-4-6-8-14/h4-10,16H,1-3H3,(H,18,19). The first-order valence-electron chi connectivity index (χ1n) is 6.51. The van der Waals surface area contributed by atoms with Crippen molar-refractivity contribution in [3.05, 3.63) is 64.7 Å². The summed E-state index contributed by atoms with van der Waals surface area (Å²) in [7, 11) is 0. The molecule has 0 aliphatic carbocycles. The van der Waals surface area contributed by atoms with Crippen molar-refractivity contribution < 1.29 is 14.6 Å². The molecule has 0 saturated carbocycles. The first-order valence-corrected chi connectivity index (χ1v) is 6.51. The molecule has 2 aromatic carbocycles. The molecule has 20 heavy (non-hydrogen) atoms. The van der Waals surface area contributed by atoms with Gasteiger partial charge in [0.25, 0.3) is 0 Å². The monoisotopic (exact) mass is 270 g/mol. The van der Waals surface area contributed by atoms with Crippen molar-refractivity contribution in [2.45, 2.75) is 26.9 Å². The van der Waals surface area contributed by atoms with Crippen molar-refractivity contribution >= 4 is 5.97 Å². The Kier molecular flexibility index (Phi) is 4.08. The van der Waals surface area contributed by atoms with Crippen LogP contribution in [0.15, 0.2) is 42.5 Å². The predicted molar refractivity (Wildman–Crippen MR) is 78.1 cm³/mol. The van der Waals surface area contributed by atoms with Crippen LogP contribution in [0, 0.1) is 20.8 Å². The van der Waals surface area contributed by atoms with Gasteiger partial charge in [-0.1, -0.05) is 36.4 Å². The van der Waals surface area contributed by atoms with E-state index in [1.54, 1.807) is 12.1 Å². The third-order valence-corrected chi connectivity index (χ3v) is 3.34. The number of benzene rings is 2. The highest BCUT2D eigenvalue weighted by Gasteiger charge is 2.22. The lowest BCUT2D eigenvalue weighted by atomic mass is 10.0. The zero-order chi connectivity index (χ0) is 14.7. The molecule has 3 heteroatoms. The van der Waals surface area contributed by atoms with Crippen LogP contribution in [0.3, 0.4) is 0 Å². The van der Waals surface area contributed by atoms with Crippen molar-refractivity contribution in [3.63, 3.8) is 0 Å². The van der Waals surface area contributed by atoms with Gasteiger partial charge < -0.3 is 9.84 Å². The van der Waals surface area contributed by atoms with Crippen LogP contribution in [0.25, 0.3) is 0 Å². The first-order chi connectivity index (χ1) is 9.49. The fourth-order valence-electron chi connectivity index (χ4n) is 2.14. The Balaban J connectivity index is 2.37. The Bertz CT molecular complexity index is 618. The highest BCUT2D eigenvalue weighted by molar-refractivity contribution is 5.75. The van der Waals surface area contributed by atoms with E-state index >= 15 is 0 Å². The molecule has 0 bridgehead atoms. The van der Waals surface area contributed by atoms with Crippen LogP contribution in [-0.2, 0) is 4.79 Å². The average Bonchev–Trinajstić information content (AvgIpc) is 2.41. The molecule has 3 nitrogen and oxygen atoms in total. The molecule has 2 aromatic rings. The fraction of sp³-hybridized carbons (Fsp3) is 0.235. The molecule has 0 aromatic heterocycles. The quantitative estimate of drug-likeness (QED) is 0.918. The van der Waals surface area contributed by atoms with Crippen LogP contribution in [0.5, 0.6) is 5.75 Å². The van der Waals surface area contributed by atoms with Crippen LogP contribution in [0.4, 0.5) is 0 Å². The number of hydrogen-bond acceptors (Lipinski definition) is 2. The molecule has 0 aliphatic heterocycles. The topological polar surface area (TPSA) is 46.5 Å².